The lowest BCUT2D eigenvalue weighted by atomic mass is 10.0. The summed E-state index contributed by atoms with van der Waals surface area (Å²) in [5.41, 5.74) is 7.02. The molecule has 0 heterocycles. The van der Waals surface area contributed by atoms with E-state index in [1.807, 2.05) is 12.1 Å². The first-order chi connectivity index (χ1) is 7.65. The number of benzene rings is 1. The van der Waals surface area contributed by atoms with E-state index in [1.165, 1.54) is 0 Å². The van der Waals surface area contributed by atoms with Gasteiger partial charge in [-0.1, -0.05) is 35.3 Å². The zero-order valence-electron chi connectivity index (χ0n) is 9.38. The molecule has 1 aromatic rings. The second-order valence-electron chi connectivity index (χ2n) is 3.81. The minimum atomic E-state index is 0.103. The number of hydrogen-bond donors (Lipinski definition) is 1. The second-order valence-corrected chi connectivity index (χ2v) is 4.60. The highest BCUT2D eigenvalue weighted by molar-refractivity contribution is 6.42. The van der Waals surface area contributed by atoms with Crippen molar-refractivity contribution in [1.29, 1.82) is 0 Å². The van der Waals surface area contributed by atoms with Crippen molar-refractivity contribution in [2.24, 2.45) is 5.73 Å². The maximum atomic E-state index is 6.09. The van der Waals surface area contributed by atoms with Gasteiger partial charge >= 0.3 is 0 Å². The van der Waals surface area contributed by atoms with Crippen molar-refractivity contribution >= 4 is 23.2 Å². The topological polar surface area (TPSA) is 35.2 Å². The van der Waals surface area contributed by atoms with E-state index < -0.39 is 0 Å². The number of hydrogen-bond acceptors (Lipinski definition) is 2. The molecular weight excluding hydrogens is 245 g/mol. The molecule has 0 fully saturated rings. The third kappa shape index (κ3) is 4.30. The van der Waals surface area contributed by atoms with E-state index in [1.54, 1.807) is 13.2 Å². The summed E-state index contributed by atoms with van der Waals surface area (Å²) in [6.45, 7) is 0.747. The second kappa shape index (κ2) is 7.13. The molecule has 0 aliphatic rings. The lowest BCUT2D eigenvalue weighted by Crippen LogP contribution is -2.23. The average Bonchev–Trinajstić information content (AvgIpc) is 2.25. The van der Waals surface area contributed by atoms with Crippen LogP contribution < -0.4 is 5.73 Å². The van der Waals surface area contributed by atoms with Crippen molar-refractivity contribution in [1.82, 2.24) is 0 Å². The van der Waals surface area contributed by atoms with Crippen LogP contribution in [0.2, 0.25) is 10.0 Å². The van der Waals surface area contributed by atoms with Crippen LogP contribution in [0.3, 0.4) is 0 Å². The van der Waals surface area contributed by atoms with E-state index in [-0.39, 0.29) is 6.04 Å². The fourth-order valence-corrected chi connectivity index (χ4v) is 1.98. The van der Waals surface area contributed by atoms with Gasteiger partial charge in [-0.2, -0.15) is 0 Å². The predicted molar refractivity (Wildman–Crippen MR) is 69.3 cm³/mol. The molecule has 1 unspecified atom stereocenters. The van der Waals surface area contributed by atoms with E-state index in [4.69, 9.17) is 33.7 Å². The highest BCUT2D eigenvalue weighted by atomic mass is 35.5. The Labute approximate surface area is 107 Å². The average molecular weight is 262 g/mol. The quantitative estimate of drug-likeness (QED) is 0.798. The zero-order chi connectivity index (χ0) is 12.0. The number of ether oxygens (including phenoxy) is 1. The van der Waals surface area contributed by atoms with Crippen LogP contribution in [0.5, 0.6) is 0 Å². The highest BCUT2D eigenvalue weighted by Crippen LogP contribution is 2.26. The molecular formula is C12H17Cl2NO. The molecule has 1 aromatic carbocycles. The molecule has 0 aromatic heterocycles. The molecule has 2 nitrogen and oxygen atoms in total. The van der Waals surface area contributed by atoms with Gasteiger partial charge in [-0.05, 0) is 30.9 Å². The number of nitrogens with two attached hydrogens (primary N) is 1. The first-order valence-corrected chi connectivity index (χ1v) is 6.08. The largest absolute Gasteiger partial charge is 0.385 e. The Kier molecular flexibility index (Phi) is 6.14. The summed E-state index contributed by atoms with van der Waals surface area (Å²) in [6.07, 6.45) is 2.65. The van der Waals surface area contributed by atoms with Gasteiger partial charge in [0.15, 0.2) is 0 Å². The van der Waals surface area contributed by atoms with E-state index in [9.17, 15) is 0 Å². The van der Waals surface area contributed by atoms with Gasteiger partial charge < -0.3 is 10.5 Å². The number of methoxy groups -OCH3 is 1. The molecule has 0 saturated heterocycles. The van der Waals surface area contributed by atoms with Gasteiger partial charge in [0, 0.05) is 19.8 Å². The predicted octanol–water partition coefficient (Wildman–Crippen LogP) is 3.29. The van der Waals surface area contributed by atoms with E-state index in [0.717, 1.165) is 31.4 Å². The van der Waals surface area contributed by atoms with Crippen molar-refractivity contribution in [3.8, 4) is 0 Å². The third-order valence-corrected chi connectivity index (χ3v) is 3.30. The van der Waals surface area contributed by atoms with E-state index in [0.29, 0.717) is 10.0 Å². The summed E-state index contributed by atoms with van der Waals surface area (Å²) >= 11 is 12.0. The van der Waals surface area contributed by atoms with Gasteiger partial charge in [0.25, 0.3) is 0 Å². The van der Waals surface area contributed by atoms with Gasteiger partial charge in [-0.15, -0.1) is 0 Å². The number of rotatable bonds is 6. The fourth-order valence-electron chi connectivity index (χ4n) is 1.58. The van der Waals surface area contributed by atoms with Crippen LogP contribution in [-0.4, -0.2) is 19.8 Å². The minimum Gasteiger partial charge on any atom is -0.385 e. The molecule has 2 N–H and O–H groups in total. The summed E-state index contributed by atoms with van der Waals surface area (Å²) < 4.78 is 4.98. The molecule has 16 heavy (non-hydrogen) atoms. The number of halogens is 2. The maximum Gasteiger partial charge on any atom is 0.0624 e. The molecule has 90 valence electrons. The summed E-state index contributed by atoms with van der Waals surface area (Å²) in [4.78, 5) is 0. The lowest BCUT2D eigenvalue weighted by Gasteiger charge is -2.12. The molecule has 0 radical (unpaired) electrons. The van der Waals surface area contributed by atoms with Crippen LogP contribution in [0.1, 0.15) is 18.4 Å². The molecule has 0 aliphatic carbocycles. The van der Waals surface area contributed by atoms with Crippen LogP contribution in [0.15, 0.2) is 18.2 Å². The monoisotopic (exact) mass is 261 g/mol. The third-order valence-electron chi connectivity index (χ3n) is 2.44. The summed E-state index contributed by atoms with van der Waals surface area (Å²) in [5.74, 6) is 0. The Morgan fingerprint density at radius 2 is 2.12 bits per heavy atom. The molecule has 4 heteroatoms. The normalized spacial score (nSPS) is 12.8. The summed E-state index contributed by atoms with van der Waals surface area (Å²) in [5, 5.41) is 1.20. The standard InChI is InChI=1S/C12H17Cl2NO/c1-16-7-3-5-10(15)8-9-4-2-6-11(13)12(9)14/h2,4,6,10H,3,5,7-8,15H2,1H3. The van der Waals surface area contributed by atoms with Crippen molar-refractivity contribution in [2.75, 3.05) is 13.7 Å². The first-order valence-electron chi connectivity index (χ1n) is 5.32. The summed E-state index contributed by atoms with van der Waals surface area (Å²) in [7, 11) is 1.69. The smallest absolute Gasteiger partial charge is 0.0624 e. The molecule has 0 aliphatic heterocycles. The molecule has 0 amide bonds. The van der Waals surface area contributed by atoms with Crippen LogP contribution in [-0.2, 0) is 11.2 Å². The Balaban J connectivity index is 2.49. The van der Waals surface area contributed by atoms with Gasteiger partial charge in [-0.25, -0.2) is 0 Å². The van der Waals surface area contributed by atoms with Gasteiger partial charge in [0.1, 0.15) is 0 Å². The molecule has 1 rings (SSSR count). The van der Waals surface area contributed by atoms with Crippen molar-refractivity contribution in [2.45, 2.75) is 25.3 Å². The van der Waals surface area contributed by atoms with E-state index in [2.05, 4.69) is 0 Å². The van der Waals surface area contributed by atoms with Crippen molar-refractivity contribution < 1.29 is 4.74 Å². The SMILES string of the molecule is COCCCC(N)Cc1cccc(Cl)c1Cl. The molecule has 0 spiro atoms. The first kappa shape index (κ1) is 13.8. The van der Waals surface area contributed by atoms with Crippen LogP contribution in [0.4, 0.5) is 0 Å². The lowest BCUT2D eigenvalue weighted by molar-refractivity contribution is 0.190. The van der Waals surface area contributed by atoms with Gasteiger partial charge in [-0.3, -0.25) is 0 Å². The Bertz CT molecular complexity index is 331. The highest BCUT2D eigenvalue weighted by Gasteiger charge is 2.09. The molecule has 1 atom stereocenters. The van der Waals surface area contributed by atoms with Crippen LogP contribution in [0, 0.1) is 0 Å². The van der Waals surface area contributed by atoms with Crippen molar-refractivity contribution in [3.05, 3.63) is 33.8 Å². The van der Waals surface area contributed by atoms with E-state index >= 15 is 0 Å². The minimum absolute atomic E-state index is 0.103. The van der Waals surface area contributed by atoms with Crippen molar-refractivity contribution in [3.63, 3.8) is 0 Å². The van der Waals surface area contributed by atoms with Gasteiger partial charge in [0.05, 0.1) is 10.0 Å². The van der Waals surface area contributed by atoms with Crippen LogP contribution >= 0.6 is 23.2 Å². The maximum absolute atomic E-state index is 6.09. The molecule has 0 saturated carbocycles. The Morgan fingerprint density at radius 1 is 1.38 bits per heavy atom. The van der Waals surface area contributed by atoms with Gasteiger partial charge in [0.2, 0.25) is 0 Å². The zero-order valence-corrected chi connectivity index (χ0v) is 10.9. The van der Waals surface area contributed by atoms with Crippen LogP contribution in [0.25, 0.3) is 0 Å². The Morgan fingerprint density at radius 3 is 2.81 bits per heavy atom. The fraction of sp³-hybridized carbons (Fsp3) is 0.500. The summed E-state index contributed by atoms with van der Waals surface area (Å²) in [6, 6.07) is 5.74. The molecule has 0 bridgehead atoms. The Hall–Kier alpha value is -0.280.